The third-order valence-electron chi connectivity index (χ3n) is 3.23. The summed E-state index contributed by atoms with van der Waals surface area (Å²) in [5.41, 5.74) is -0.803. The van der Waals surface area contributed by atoms with Gasteiger partial charge in [0, 0.05) is 5.56 Å². The number of carbonyl (C=O) groups excluding carboxylic acids is 1. The second-order valence-electron chi connectivity index (χ2n) is 4.57. The van der Waals surface area contributed by atoms with Crippen molar-refractivity contribution in [1.29, 1.82) is 0 Å². The molecule has 1 heterocycles. The van der Waals surface area contributed by atoms with E-state index >= 15 is 0 Å². The molecule has 2 rings (SSSR count). The van der Waals surface area contributed by atoms with Gasteiger partial charge in [0.15, 0.2) is 17.2 Å². The largest absolute Gasteiger partial charge is 0.491 e. The molecule has 1 atom stereocenters. The molecule has 10 heteroatoms. The molecule has 24 heavy (non-hydrogen) atoms. The Morgan fingerprint density at radius 1 is 1.12 bits per heavy atom. The number of esters is 1. The van der Waals surface area contributed by atoms with Crippen molar-refractivity contribution < 1.29 is 36.9 Å². The number of rotatable bonds is 3. The van der Waals surface area contributed by atoms with Crippen molar-refractivity contribution in [1.82, 2.24) is 0 Å². The van der Waals surface area contributed by atoms with Crippen LogP contribution in [0.4, 0.5) is 13.2 Å². The zero-order valence-corrected chi connectivity index (χ0v) is 14.1. The molecule has 0 aromatic heterocycles. The van der Waals surface area contributed by atoms with Crippen LogP contribution in [-0.4, -0.2) is 39.6 Å². The second-order valence-corrected chi connectivity index (χ2v) is 5.32. The number of carbonyl (C=O) groups is 1. The maximum absolute atomic E-state index is 13.2. The first-order valence-corrected chi connectivity index (χ1v) is 7.09. The Kier molecular flexibility index (Phi) is 5.10. The van der Waals surface area contributed by atoms with E-state index < -0.39 is 23.8 Å². The van der Waals surface area contributed by atoms with Gasteiger partial charge in [-0.25, -0.2) is 4.79 Å². The van der Waals surface area contributed by atoms with E-state index in [4.69, 9.17) is 37.4 Å². The summed E-state index contributed by atoms with van der Waals surface area (Å²) in [5.74, 6) is -1.66. The average molecular weight is 387 g/mol. The highest BCUT2D eigenvalue weighted by Gasteiger charge is 2.50. The lowest BCUT2D eigenvalue weighted by Crippen LogP contribution is -2.40. The first-order valence-electron chi connectivity index (χ1n) is 6.33. The Morgan fingerprint density at radius 3 is 2.12 bits per heavy atom. The van der Waals surface area contributed by atoms with Crippen molar-refractivity contribution in [2.75, 3.05) is 21.3 Å². The zero-order valence-electron chi connectivity index (χ0n) is 12.6. The summed E-state index contributed by atoms with van der Waals surface area (Å²) >= 11 is 12.2. The highest BCUT2D eigenvalue weighted by Crippen LogP contribution is 2.53. The summed E-state index contributed by atoms with van der Waals surface area (Å²) < 4.78 is 59.1. The van der Waals surface area contributed by atoms with Crippen LogP contribution in [0.25, 0.3) is 6.08 Å². The number of hydrogen-bond donors (Lipinski definition) is 0. The summed E-state index contributed by atoms with van der Waals surface area (Å²) in [7, 11) is 3.47. The van der Waals surface area contributed by atoms with Gasteiger partial charge in [-0.05, 0) is 6.08 Å². The van der Waals surface area contributed by atoms with E-state index in [0.717, 1.165) is 13.2 Å². The minimum absolute atomic E-state index is 0.00237. The number of hydrogen-bond acceptors (Lipinski definition) is 5. The number of alkyl halides is 3. The van der Waals surface area contributed by atoms with Crippen LogP contribution in [0.1, 0.15) is 5.56 Å². The van der Waals surface area contributed by atoms with E-state index in [1.807, 2.05) is 0 Å². The van der Waals surface area contributed by atoms with Gasteiger partial charge in [-0.3, -0.25) is 0 Å². The molecule has 5 nitrogen and oxygen atoms in total. The molecule has 1 aliphatic rings. The monoisotopic (exact) mass is 386 g/mol. The lowest BCUT2D eigenvalue weighted by atomic mass is 10.0. The molecule has 0 saturated carbocycles. The number of methoxy groups -OCH3 is 3. The summed E-state index contributed by atoms with van der Waals surface area (Å²) in [6.45, 7) is 0. The topological polar surface area (TPSA) is 54.0 Å². The van der Waals surface area contributed by atoms with E-state index in [1.54, 1.807) is 0 Å². The number of halogens is 5. The molecular formula is C14H11Cl2F3O5. The van der Waals surface area contributed by atoms with Crippen LogP contribution in [0.3, 0.4) is 0 Å². The van der Waals surface area contributed by atoms with Gasteiger partial charge in [0.2, 0.25) is 6.10 Å². The number of fused-ring (bicyclic) bond motifs is 1. The van der Waals surface area contributed by atoms with E-state index in [9.17, 15) is 18.0 Å². The first kappa shape index (κ1) is 18.5. The third-order valence-corrected chi connectivity index (χ3v) is 3.95. The molecule has 1 aromatic carbocycles. The summed E-state index contributed by atoms with van der Waals surface area (Å²) in [5, 5.41) is -0.376. The van der Waals surface area contributed by atoms with Gasteiger partial charge in [-0.1, -0.05) is 23.2 Å². The third kappa shape index (κ3) is 2.95. The average Bonchev–Trinajstić information content (AvgIpc) is 2.54. The zero-order chi connectivity index (χ0) is 18.2. The molecule has 1 aromatic rings. The van der Waals surface area contributed by atoms with Crippen LogP contribution in [0, 0.1) is 0 Å². The molecule has 0 spiro atoms. The summed E-state index contributed by atoms with van der Waals surface area (Å²) in [6, 6.07) is 0. The highest BCUT2D eigenvalue weighted by molar-refractivity contribution is 6.38. The number of ether oxygens (including phenoxy) is 4. The van der Waals surface area contributed by atoms with Crippen molar-refractivity contribution in [2.45, 2.75) is 12.3 Å². The van der Waals surface area contributed by atoms with Crippen molar-refractivity contribution in [3.63, 3.8) is 0 Å². The van der Waals surface area contributed by atoms with Gasteiger partial charge in [-0.15, -0.1) is 0 Å². The molecule has 0 N–H and O–H groups in total. The van der Waals surface area contributed by atoms with Gasteiger partial charge in [-0.2, -0.15) is 13.2 Å². The lowest BCUT2D eigenvalue weighted by molar-refractivity contribution is -0.187. The van der Waals surface area contributed by atoms with Crippen LogP contribution in [0.15, 0.2) is 5.57 Å². The van der Waals surface area contributed by atoms with Crippen LogP contribution < -0.4 is 14.2 Å². The normalized spacial score (nSPS) is 16.7. The first-order chi connectivity index (χ1) is 11.2. The minimum Gasteiger partial charge on any atom is -0.491 e. The Labute approximate surface area is 144 Å². The fraction of sp³-hybridized carbons (Fsp3) is 0.357. The van der Waals surface area contributed by atoms with E-state index in [1.165, 1.54) is 14.2 Å². The quantitative estimate of drug-likeness (QED) is 0.737. The Balaban J connectivity index is 2.78. The van der Waals surface area contributed by atoms with Crippen molar-refractivity contribution >= 4 is 35.2 Å². The van der Waals surface area contributed by atoms with E-state index in [2.05, 4.69) is 4.74 Å². The maximum atomic E-state index is 13.2. The molecule has 0 fully saturated rings. The van der Waals surface area contributed by atoms with Gasteiger partial charge in [0.1, 0.15) is 5.02 Å². The van der Waals surface area contributed by atoms with Crippen molar-refractivity contribution in [3.8, 4) is 17.2 Å². The van der Waals surface area contributed by atoms with Gasteiger partial charge >= 0.3 is 12.1 Å². The summed E-state index contributed by atoms with van der Waals surface area (Å²) in [4.78, 5) is 11.7. The SMILES string of the molecule is COC(=O)C1=Cc2c(Cl)c(OC)c(OC)c(Cl)c2OC1C(F)(F)F. The van der Waals surface area contributed by atoms with Gasteiger partial charge in [0.05, 0.1) is 31.9 Å². The Morgan fingerprint density at radius 2 is 1.67 bits per heavy atom. The molecule has 1 unspecified atom stereocenters. The van der Waals surface area contributed by atoms with Crippen LogP contribution in [-0.2, 0) is 9.53 Å². The molecule has 0 bridgehead atoms. The van der Waals surface area contributed by atoms with Gasteiger partial charge < -0.3 is 18.9 Å². The Hall–Kier alpha value is -1.80. The smallest absolute Gasteiger partial charge is 0.430 e. The fourth-order valence-corrected chi connectivity index (χ4v) is 2.80. The molecular weight excluding hydrogens is 376 g/mol. The molecule has 0 radical (unpaired) electrons. The number of benzene rings is 1. The lowest BCUT2D eigenvalue weighted by Gasteiger charge is -2.29. The Bertz CT molecular complexity index is 716. The van der Waals surface area contributed by atoms with Crippen molar-refractivity contribution in [2.24, 2.45) is 0 Å². The molecule has 1 aliphatic heterocycles. The van der Waals surface area contributed by atoms with E-state index in [-0.39, 0.29) is 32.9 Å². The highest BCUT2D eigenvalue weighted by atomic mass is 35.5. The van der Waals surface area contributed by atoms with Gasteiger partial charge in [0.25, 0.3) is 0 Å². The summed E-state index contributed by atoms with van der Waals surface area (Å²) in [6.07, 6.45) is -6.51. The van der Waals surface area contributed by atoms with E-state index in [0.29, 0.717) is 0 Å². The maximum Gasteiger partial charge on any atom is 0.430 e. The molecule has 0 saturated heterocycles. The van der Waals surface area contributed by atoms with Crippen LogP contribution >= 0.6 is 23.2 Å². The van der Waals surface area contributed by atoms with Crippen molar-refractivity contribution in [3.05, 3.63) is 21.2 Å². The molecule has 0 amide bonds. The molecule has 132 valence electrons. The van der Waals surface area contributed by atoms with Crippen LogP contribution in [0.5, 0.6) is 17.2 Å². The standard InChI is InChI=1S/C14H11Cl2F3O5/c1-21-10-7(15)5-4-6(13(20)23-3)12(14(17,18)19)24-9(5)8(16)11(10)22-2/h4,12H,1-3H3. The second kappa shape index (κ2) is 6.60. The predicted molar refractivity (Wildman–Crippen MR) is 80.0 cm³/mol. The van der Waals surface area contributed by atoms with Crippen LogP contribution in [0.2, 0.25) is 10.0 Å². The fourth-order valence-electron chi connectivity index (χ4n) is 2.19. The minimum atomic E-state index is -4.87. The predicted octanol–water partition coefficient (Wildman–Crippen LogP) is 3.89. The molecule has 0 aliphatic carbocycles.